The van der Waals surface area contributed by atoms with Gasteiger partial charge in [0.2, 0.25) is 0 Å². The van der Waals surface area contributed by atoms with E-state index in [9.17, 15) is 0 Å². The van der Waals surface area contributed by atoms with Crippen molar-refractivity contribution in [2.75, 3.05) is 14.2 Å². The van der Waals surface area contributed by atoms with E-state index >= 15 is 0 Å². The summed E-state index contributed by atoms with van der Waals surface area (Å²) in [7, 11) is 3.34. The summed E-state index contributed by atoms with van der Waals surface area (Å²) in [6.45, 7) is 2.91. The number of rotatable bonds is 5. The van der Waals surface area contributed by atoms with Crippen LogP contribution in [0.5, 0.6) is 11.5 Å². The van der Waals surface area contributed by atoms with Crippen molar-refractivity contribution in [2.45, 2.75) is 19.9 Å². The molecule has 0 bridgehead atoms. The third-order valence-corrected chi connectivity index (χ3v) is 3.17. The maximum atomic E-state index is 5.01. The number of thiol groups is 1. The lowest BCUT2D eigenvalue weighted by Crippen LogP contribution is -1.97. The minimum Gasteiger partial charge on any atom is -0.497 e. The summed E-state index contributed by atoms with van der Waals surface area (Å²) < 4.78 is 12.8. The van der Waals surface area contributed by atoms with Gasteiger partial charge in [0.1, 0.15) is 11.5 Å². The predicted octanol–water partition coefficient (Wildman–Crippen LogP) is 3.89. The first-order chi connectivity index (χ1) is 10.2. The molecule has 0 radical (unpaired) electrons. The topological polar surface area (TPSA) is 30.5 Å². The molecule has 2 aromatic rings. The van der Waals surface area contributed by atoms with Gasteiger partial charge >= 0.3 is 0 Å². The molecular formula is C17H23NO2S. The molecule has 1 N–H and O–H groups in total. The highest BCUT2D eigenvalue weighted by Gasteiger charge is 1.91. The first kappa shape index (κ1) is 17.4. The molecule has 21 heavy (non-hydrogen) atoms. The van der Waals surface area contributed by atoms with Crippen molar-refractivity contribution >= 4 is 12.8 Å². The van der Waals surface area contributed by atoms with Gasteiger partial charge in [0, 0.05) is 6.54 Å². The summed E-state index contributed by atoms with van der Waals surface area (Å²) in [4.78, 5) is 0. The van der Waals surface area contributed by atoms with Gasteiger partial charge in [0.05, 0.1) is 14.2 Å². The fourth-order valence-electron chi connectivity index (χ4n) is 1.70. The minimum absolute atomic E-state index is 0.771. The normalized spacial score (nSPS) is 9.52. The van der Waals surface area contributed by atoms with E-state index in [0.717, 1.165) is 24.5 Å². The number of aryl methyl sites for hydroxylation is 1. The van der Waals surface area contributed by atoms with Crippen LogP contribution in [0.2, 0.25) is 0 Å². The highest BCUT2D eigenvalue weighted by atomic mass is 32.1. The number of hydrogen-bond acceptors (Lipinski definition) is 4. The van der Waals surface area contributed by atoms with E-state index in [1.54, 1.807) is 14.2 Å². The molecule has 0 aliphatic rings. The highest BCUT2D eigenvalue weighted by Crippen LogP contribution is 2.11. The van der Waals surface area contributed by atoms with Gasteiger partial charge in [0.15, 0.2) is 0 Å². The zero-order valence-corrected chi connectivity index (χ0v) is 13.7. The van der Waals surface area contributed by atoms with Crippen molar-refractivity contribution in [3.63, 3.8) is 0 Å². The first-order valence-corrected chi connectivity index (χ1v) is 7.31. The lowest BCUT2D eigenvalue weighted by molar-refractivity contribution is 0.414. The summed E-state index contributed by atoms with van der Waals surface area (Å²) in [5, 5.41) is 0. The number of nitrogens with one attached hydrogen (secondary N) is 1. The third-order valence-electron chi connectivity index (χ3n) is 3.01. The molecule has 2 rings (SSSR count). The Balaban J connectivity index is 0.000000211. The van der Waals surface area contributed by atoms with E-state index < -0.39 is 0 Å². The number of hydrogen-bond donors (Lipinski definition) is 2. The third kappa shape index (κ3) is 6.56. The highest BCUT2D eigenvalue weighted by molar-refractivity contribution is 7.78. The summed E-state index contributed by atoms with van der Waals surface area (Å²) in [5.41, 5.74) is 2.54. The number of benzene rings is 2. The lowest BCUT2D eigenvalue weighted by atomic mass is 10.2. The molecule has 0 aliphatic carbocycles. The van der Waals surface area contributed by atoms with Crippen molar-refractivity contribution in [3.8, 4) is 11.5 Å². The van der Waals surface area contributed by atoms with E-state index in [1.165, 1.54) is 11.1 Å². The second-order valence-electron chi connectivity index (χ2n) is 4.38. The molecule has 0 fully saturated rings. The molecule has 0 aromatic heterocycles. The second-order valence-corrected chi connectivity index (χ2v) is 4.70. The van der Waals surface area contributed by atoms with Crippen LogP contribution in [0.3, 0.4) is 0 Å². The van der Waals surface area contributed by atoms with Crippen LogP contribution in [0.4, 0.5) is 0 Å². The van der Waals surface area contributed by atoms with Crippen LogP contribution in [0.1, 0.15) is 18.1 Å². The van der Waals surface area contributed by atoms with Gasteiger partial charge in [-0.3, -0.25) is 4.72 Å². The fourth-order valence-corrected chi connectivity index (χ4v) is 1.88. The molecule has 0 spiro atoms. The molecule has 0 atom stereocenters. The molecule has 3 nitrogen and oxygen atoms in total. The van der Waals surface area contributed by atoms with Crippen molar-refractivity contribution in [3.05, 3.63) is 59.7 Å². The van der Waals surface area contributed by atoms with E-state index in [1.807, 2.05) is 36.4 Å². The fraction of sp³-hybridized carbons (Fsp3) is 0.294. The predicted molar refractivity (Wildman–Crippen MR) is 91.2 cm³/mol. The molecule has 0 unspecified atom stereocenters. The number of ether oxygens (including phenoxy) is 2. The van der Waals surface area contributed by atoms with Crippen LogP contribution < -0.4 is 14.2 Å². The van der Waals surface area contributed by atoms with Crippen LogP contribution in [0.25, 0.3) is 0 Å². The zero-order chi connectivity index (χ0) is 15.5. The SMILES string of the molecule is CCc1ccc(OC)cc1.COc1ccc(CNS)cc1. The Morgan fingerprint density at radius 2 is 1.24 bits per heavy atom. The Morgan fingerprint density at radius 1 is 0.810 bits per heavy atom. The van der Waals surface area contributed by atoms with Crippen LogP contribution in [-0.2, 0) is 13.0 Å². The van der Waals surface area contributed by atoms with Crippen molar-refractivity contribution < 1.29 is 9.47 Å². The maximum Gasteiger partial charge on any atom is 0.118 e. The quantitative estimate of drug-likeness (QED) is 0.822. The average Bonchev–Trinajstić information content (AvgIpc) is 2.56. The summed E-state index contributed by atoms with van der Waals surface area (Å²) in [6, 6.07) is 16.0. The lowest BCUT2D eigenvalue weighted by Gasteiger charge is -2.01. The molecule has 4 heteroatoms. The number of methoxy groups -OCH3 is 2. The van der Waals surface area contributed by atoms with E-state index in [0.29, 0.717) is 0 Å². The van der Waals surface area contributed by atoms with E-state index in [2.05, 4.69) is 36.6 Å². The first-order valence-electron chi connectivity index (χ1n) is 6.86. The largest absolute Gasteiger partial charge is 0.497 e. The Morgan fingerprint density at radius 3 is 1.57 bits per heavy atom. The van der Waals surface area contributed by atoms with E-state index in [4.69, 9.17) is 9.47 Å². The molecule has 0 heterocycles. The van der Waals surface area contributed by atoms with Crippen molar-refractivity contribution in [1.82, 2.24) is 4.72 Å². The van der Waals surface area contributed by atoms with Gasteiger partial charge in [-0.05, 0) is 41.8 Å². The molecule has 0 amide bonds. The summed E-state index contributed by atoms with van der Waals surface area (Å²) in [5.74, 6) is 1.81. The minimum atomic E-state index is 0.771. The second kappa shape index (κ2) is 10.1. The summed E-state index contributed by atoms with van der Waals surface area (Å²) >= 11 is 3.90. The van der Waals surface area contributed by atoms with Crippen LogP contribution in [-0.4, -0.2) is 14.2 Å². The van der Waals surface area contributed by atoms with Gasteiger partial charge in [-0.25, -0.2) is 0 Å². The van der Waals surface area contributed by atoms with Gasteiger partial charge < -0.3 is 9.47 Å². The molecular weight excluding hydrogens is 282 g/mol. The Labute approximate surface area is 132 Å². The van der Waals surface area contributed by atoms with E-state index in [-0.39, 0.29) is 0 Å². The smallest absolute Gasteiger partial charge is 0.118 e. The standard InChI is InChI=1S/C9H12O.C8H11NOS/c1-3-8-4-6-9(10-2)7-5-8;1-10-8-4-2-7(3-5-8)6-9-11/h4-7H,3H2,1-2H3;2-5,9,11H,6H2,1H3. The molecule has 2 aromatic carbocycles. The van der Waals surface area contributed by atoms with Crippen molar-refractivity contribution in [2.24, 2.45) is 0 Å². The molecule has 0 aliphatic heterocycles. The Hall–Kier alpha value is -1.65. The molecule has 0 saturated heterocycles. The van der Waals surface area contributed by atoms with Crippen molar-refractivity contribution in [1.29, 1.82) is 0 Å². The molecule has 114 valence electrons. The summed E-state index contributed by atoms with van der Waals surface area (Å²) in [6.07, 6.45) is 1.09. The Bertz CT molecular complexity index is 474. The van der Waals surface area contributed by atoms with Gasteiger partial charge in [0.25, 0.3) is 0 Å². The van der Waals surface area contributed by atoms with Gasteiger partial charge in [-0.2, -0.15) is 0 Å². The monoisotopic (exact) mass is 305 g/mol. The average molecular weight is 305 g/mol. The van der Waals surface area contributed by atoms with Crippen LogP contribution in [0.15, 0.2) is 48.5 Å². The molecule has 0 saturated carbocycles. The van der Waals surface area contributed by atoms with Crippen LogP contribution >= 0.6 is 12.8 Å². The zero-order valence-electron chi connectivity index (χ0n) is 12.8. The van der Waals surface area contributed by atoms with Crippen LogP contribution in [0, 0.1) is 0 Å². The maximum absolute atomic E-state index is 5.01. The Kier molecular flexibility index (Phi) is 8.40. The van der Waals surface area contributed by atoms with Gasteiger partial charge in [-0.15, -0.1) is 0 Å². The van der Waals surface area contributed by atoms with Gasteiger partial charge in [-0.1, -0.05) is 44.0 Å².